The Morgan fingerprint density at radius 1 is 1.17 bits per heavy atom. The summed E-state index contributed by atoms with van der Waals surface area (Å²) in [4.78, 5) is 27.6. The Morgan fingerprint density at radius 3 is 2.72 bits per heavy atom. The van der Waals surface area contributed by atoms with Gasteiger partial charge in [-0.1, -0.05) is 24.3 Å². The lowest BCUT2D eigenvalue weighted by Gasteiger charge is -2.35. The lowest BCUT2D eigenvalue weighted by atomic mass is 9.93. The van der Waals surface area contributed by atoms with Gasteiger partial charge in [-0.25, -0.2) is 0 Å². The zero-order chi connectivity index (χ0) is 19.3. The highest BCUT2D eigenvalue weighted by atomic mass is 35.5. The highest BCUT2D eigenvalue weighted by Gasteiger charge is 2.35. The van der Waals surface area contributed by atoms with Gasteiger partial charge in [-0.05, 0) is 61.5 Å². The normalized spacial score (nSPS) is 21.0. The number of nitrogens with zero attached hydrogens (tertiary/aromatic N) is 1. The summed E-state index contributed by atoms with van der Waals surface area (Å²) in [5.41, 5.74) is 2.21. The lowest BCUT2D eigenvalue weighted by Crippen LogP contribution is -2.52. The summed E-state index contributed by atoms with van der Waals surface area (Å²) >= 11 is 0. The first-order valence-electron chi connectivity index (χ1n) is 10.1. The number of halogens is 1. The molecule has 2 aromatic rings. The molecule has 0 radical (unpaired) electrons. The summed E-state index contributed by atoms with van der Waals surface area (Å²) in [5, 5.41) is 6.48. The van der Waals surface area contributed by atoms with E-state index >= 15 is 0 Å². The van der Waals surface area contributed by atoms with Crippen molar-refractivity contribution in [3.05, 3.63) is 59.5 Å². The monoisotopic (exact) mass is 417 g/mol. The van der Waals surface area contributed by atoms with Gasteiger partial charge in [0, 0.05) is 19.5 Å². The maximum atomic E-state index is 13.0. The second-order valence-corrected chi connectivity index (χ2v) is 7.69. The van der Waals surface area contributed by atoms with Gasteiger partial charge in [0.2, 0.25) is 5.91 Å². The summed E-state index contributed by atoms with van der Waals surface area (Å²) in [5.74, 6) is 0.557. The van der Waals surface area contributed by atoms with E-state index in [0.29, 0.717) is 25.4 Å². The van der Waals surface area contributed by atoms with Crippen LogP contribution in [-0.2, 0) is 17.8 Å². The summed E-state index contributed by atoms with van der Waals surface area (Å²) < 4.78 is 5.30. The van der Waals surface area contributed by atoms with Crippen molar-refractivity contribution in [2.24, 2.45) is 5.92 Å². The van der Waals surface area contributed by atoms with Gasteiger partial charge >= 0.3 is 0 Å². The molecule has 2 atom stereocenters. The molecular formula is C22H28ClN3O3. The summed E-state index contributed by atoms with van der Waals surface area (Å²) in [6.07, 6.45) is 5.39. The van der Waals surface area contributed by atoms with Crippen LogP contribution in [0.15, 0.2) is 47.1 Å². The van der Waals surface area contributed by atoms with Crippen LogP contribution >= 0.6 is 12.4 Å². The van der Waals surface area contributed by atoms with Crippen molar-refractivity contribution in [3.63, 3.8) is 0 Å². The van der Waals surface area contributed by atoms with E-state index in [1.807, 2.05) is 24.3 Å². The van der Waals surface area contributed by atoms with E-state index in [9.17, 15) is 9.59 Å². The van der Waals surface area contributed by atoms with Crippen molar-refractivity contribution in [3.8, 4) is 0 Å². The van der Waals surface area contributed by atoms with Crippen LogP contribution in [0.4, 0.5) is 0 Å². The fourth-order valence-corrected chi connectivity index (χ4v) is 4.20. The van der Waals surface area contributed by atoms with Crippen molar-refractivity contribution in [1.29, 1.82) is 0 Å². The molecule has 4 rings (SSSR count). The van der Waals surface area contributed by atoms with Crippen LogP contribution in [0.5, 0.6) is 0 Å². The van der Waals surface area contributed by atoms with Crippen LogP contribution in [0.1, 0.15) is 40.9 Å². The van der Waals surface area contributed by atoms with Crippen LogP contribution < -0.4 is 10.6 Å². The van der Waals surface area contributed by atoms with Crippen LogP contribution in [0.2, 0.25) is 0 Å². The molecule has 1 saturated heterocycles. The van der Waals surface area contributed by atoms with Crippen molar-refractivity contribution in [2.75, 3.05) is 19.6 Å². The molecule has 2 amide bonds. The van der Waals surface area contributed by atoms with Crippen LogP contribution in [0, 0.1) is 5.92 Å². The van der Waals surface area contributed by atoms with E-state index in [1.165, 1.54) is 19.1 Å². The van der Waals surface area contributed by atoms with Gasteiger partial charge in [-0.3, -0.25) is 9.59 Å². The molecule has 1 fully saturated rings. The molecule has 7 heteroatoms. The van der Waals surface area contributed by atoms with Crippen LogP contribution in [-0.4, -0.2) is 42.4 Å². The third-order valence-electron chi connectivity index (χ3n) is 5.79. The molecule has 2 N–H and O–H groups in total. The molecule has 2 aliphatic rings. The van der Waals surface area contributed by atoms with Crippen LogP contribution in [0.3, 0.4) is 0 Å². The van der Waals surface area contributed by atoms with Gasteiger partial charge < -0.3 is 20.0 Å². The summed E-state index contributed by atoms with van der Waals surface area (Å²) in [6.45, 7) is 3.18. The number of fused-ring (bicyclic) bond motifs is 1. The van der Waals surface area contributed by atoms with Crippen molar-refractivity contribution in [1.82, 2.24) is 15.5 Å². The van der Waals surface area contributed by atoms with Gasteiger partial charge in [0.25, 0.3) is 5.91 Å². The van der Waals surface area contributed by atoms with Crippen molar-refractivity contribution < 1.29 is 14.0 Å². The fourth-order valence-electron chi connectivity index (χ4n) is 4.20. The quantitative estimate of drug-likeness (QED) is 0.784. The van der Waals surface area contributed by atoms with Crippen LogP contribution in [0.25, 0.3) is 0 Å². The number of hydrogen-bond donors (Lipinski definition) is 2. The molecule has 6 nitrogen and oxygen atoms in total. The number of amides is 2. The largest absolute Gasteiger partial charge is 0.459 e. The Kier molecular flexibility index (Phi) is 7.34. The summed E-state index contributed by atoms with van der Waals surface area (Å²) in [7, 11) is 0. The zero-order valence-corrected chi connectivity index (χ0v) is 17.2. The number of rotatable bonds is 5. The number of carbonyl (C=O) groups excluding carboxylic acids is 2. The van der Waals surface area contributed by atoms with E-state index in [4.69, 9.17) is 4.42 Å². The van der Waals surface area contributed by atoms with E-state index in [2.05, 4.69) is 10.6 Å². The van der Waals surface area contributed by atoms with Crippen molar-refractivity contribution in [2.45, 2.75) is 38.3 Å². The molecule has 156 valence electrons. The molecule has 29 heavy (non-hydrogen) atoms. The molecule has 0 spiro atoms. The molecule has 0 aliphatic carbocycles. The Morgan fingerprint density at radius 2 is 2.00 bits per heavy atom. The number of carbonyl (C=O) groups is 2. The molecular weight excluding hydrogens is 390 g/mol. The number of hydrogen-bond acceptors (Lipinski definition) is 4. The minimum Gasteiger partial charge on any atom is -0.459 e. The molecule has 1 aromatic heterocycles. The Bertz CT molecular complexity index is 818. The smallest absolute Gasteiger partial charge is 0.290 e. The summed E-state index contributed by atoms with van der Waals surface area (Å²) in [6, 6.07) is 10.8. The Labute approximate surface area is 177 Å². The molecule has 3 heterocycles. The van der Waals surface area contributed by atoms with E-state index in [-0.39, 0.29) is 30.0 Å². The maximum Gasteiger partial charge on any atom is 0.290 e. The number of benzene rings is 1. The highest BCUT2D eigenvalue weighted by Crippen LogP contribution is 2.25. The molecule has 2 aliphatic heterocycles. The first-order valence-corrected chi connectivity index (χ1v) is 10.1. The number of furan rings is 1. The predicted molar refractivity (Wildman–Crippen MR) is 113 cm³/mol. The maximum absolute atomic E-state index is 13.0. The number of nitrogens with one attached hydrogen (secondary N) is 2. The van der Waals surface area contributed by atoms with Gasteiger partial charge in [0.15, 0.2) is 5.76 Å². The van der Waals surface area contributed by atoms with Gasteiger partial charge in [-0.2, -0.15) is 0 Å². The average molecular weight is 418 g/mol. The molecule has 1 aromatic carbocycles. The van der Waals surface area contributed by atoms with Gasteiger partial charge in [0.1, 0.15) is 6.04 Å². The van der Waals surface area contributed by atoms with Gasteiger partial charge in [0.05, 0.1) is 6.26 Å². The Hall–Kier alpha value is -2.31. The first kappa shape index (κ1) is 21.4. The minimum atomic E-state index is -0.517. The third-order valence-corrected chi connectivity index (χ3v) is 5.79. The SMILES string of the molecule is Cl.O=C(NCCC1CCCNC1)C1Cc2ccccc2CN1C(=O)c1ccco1. The zero-order valence-electron chi connectivity index (χ0n) is 16.4. The van der Waals surface area contributed by atoms with E-state index < -0.39 is 6.04 Å². The molecule has 0 saturated carbocycles. The first-order chi connectivity index (χ1) is 13.7. The van der Waals surface area contributed by atoms with Gasteiger partial charge in [-0.15, -0.1) is 12.4 Å². The standard InChI is InChI=1S/C22H27N3O3.ClH/c26-21(24-11-9-16-5-3-10-23-14-16)19-13-17-6-1-2-7-18(17)15-25(19)22(27)20-8-4-12-28-20;/h1-2,4,6-8,12,16,19,23H,3,5,9-11,13-15H2,(H,24,26);1H. The molecule has 2 unspecified atom stereocenters. The second-order valence-electron chi connectivity index (χ2n) is 7.69. The van der Waals surface area contributed by atoms with E-state index in [0.717, 1.165) is 30.6 Å². The lowest BCUT2D eigenvalue weighted by molar-refractivity contribution is -0.126. The highest BCUT2D eigenvalue weighted by molar-refractivity contribution is 5.96. The topological polar surface area (TPSA) is 74.6 Å². The third kappa shape index (κ3) is 5.00. The van der Waals surface area contributed by atoms with Crippen molar-refractivity contribution >= 4 is 24.2 Å². The fraction of sp³-hybridized carbons (Fsp3) is 0.455. The second kappa shape index (κ2) is 9.94. The average Bonchev–Trinajstić information content (AvgIpc) is 3.28. The Balaban J connectivity index is 0.00000240. The predicted octanol–water partition coefficient (Wildman–Crippen LogP) is 2.77. The minimum absolute atomic E-state index is 0. The molecule has 0 bridgehead atoms. The number of piperidine rings is 1. The van der Waals surface area contributed by atoms with E-state index in [1.54, 1.807) is 17.0 Å².